The maximum atomic E-state index is 2.52. The van der Waals surface area contributed by atoms with Gasteiger partial charge in [-0.2, -0.15) is 0 Å². The second-order valence-corrected chi connectivity index (χ2v) is 10.2. The molecule has 1 heteroatoms. The molecular formula is C24H38Si. The van der Waals surface area contributed by atoms with Crippen molar-refractivity contribution in [1.82, 2.24) is 0 Å². The molecule has 1 atom stereocenters. The Kier molecular flexibility index (Phi) is 6.91. The Morgan fingerprint density at radius 1 is 0.880 bits per heavy atom. The van der Waals surface area contributed by atoms with Crippen LogP contribution in [0.1, 0.15) is 74.3 Å². The Morgan fingerprint density at radius 2 is 1.44 bits per heavy atom. The molecule has 138 valence electrons. The molecule has 0 radical (unpaired) electrons. The van der Waals surface area contributed by atoms with Gasteiger partial charge in [-0.05, 0) is 80.7 Å². The van der Waals surface area contributed by atoms with E-state index in [4.69, 9.17) is 0 Å². The Morgan fingerprint density at radius 3 is 1.96 bits per heavy atom. The summed E-state index contributed by atoms with van der Waals surface area (Å²) in [4.78, 5) is 0. The number of benzene rings is 1. The van der Waals surface area contributed by atoms with Crippen molar-refractivity contribution >= 4 is 14.7 Å². The molecule has 2 rings (SSSR count). The summed E-state index contributed by atoms with van der Waals surface area (Å²) in [6, 6.07) is 0. The van der Waals surface area contributed by atoms with Crippen LogP contribution in [0.3, 0.4) is 0 Å². The lowest BCUT2D eigenvalue weighted by atomic mass is 9.95. The molecule has 1 aliphatic carbocycles. The van der Waals surface area contributed by atoms with Gasteiger partial charge < -0.3 is 0 Å². The second kappa shape index (κ2) is 8.53. The highest BCUT2D eigenvalue weighted by Gasteiger charge is 2.24. The normalized spacial score (nSPS) is 17.7. The zero-order valence-electron chi connectivity index (χ0n) is 17.8. The van der Waals surface area contributed by atoms with Crippen molar-refractivity contribution in [2.45, 2.75) is 81.1 Å². The SMILES string of the molecule is CCCCCC1C=CC(C(C)C)=C1[SiH2]c1c(C)c(C)c(C)c(C)c1C. The van der Waals surface area contributed by atoms with E-state index < -0.39 is 9.52 Å². The second-order valence-electron chi connectivity index (χ2n) is 8.38. The van der Waals surface area contributed by atoms with Gasteiger partial charge in [0.15, 0.2) is 0 Å². The fourth-order valence-corrected chi connectivity index (χ4v) is 7.15. The van der Waals surface area contributed by atoms with Crippen LogP contribution in [0, 0.1) is 46.5 Å². The van der Waals surface area contributed by atoms with Crippen LogP contribution in [0.5, 0.6) is 0 Å². The number of hydrogen-bond acceptors (Lipinski definition) is 0. The first kappa shape index (κ1) is 20.2. The number of hydrogen-bond donors (Lipinski definition) is 0. The van der Waals surface area contributed by atoms with Crippen LogP contribution >= 0.6 is 0 Å². The van der Waals surface area contributed by atoms with Crippen LogP contribution in [0.25, 0.3) is 0 Å². The first-order valence-electron chi connectivity index (χ1n) is 10.3. The van der Waals surface area contributed by atoms with Gasteiger partial charge in [-0.25, -0.2) is 0 Å². The molecular weight excluding hydrogens is 316 g/mol. The van der Waals surface area contributed by atoms with Crippen LogP contribution in [0.2, 0.25) is 0 Å². The average Bonchev–Trinajstić information content (AvgIpc) is 2.98. The average molecular weight is 355 g/mol. The summed E-state index contributed by atoms with van der Waals surface area (Å²) < 4.78 is 0. The molecule has 0 nitrogen and oxygen atoms in total. The molecule has 0 bridgehead atoms. The highest BCUT2D eigenvalue weighted by atomic mass is 28.2. The van der Waals surface area contributed by atoms with Crippen molar-refractivity contribution < 1.29 is 0 Å². The molecule has 25 heavy (non-hydrogen) atoms. The Bertz CT molecular complexity index is 660. The van der Waals surface area contributed by atoms with Gasteiger partial charge in [0.25, 0.3) is 0 Å². The highest BCUT2D eigenvalue weighted by Crippen LogP contribution is 2.33. The molecule has 1 aromatic carbocycles. The molecule has 0 N–H and O–H groups in total. The van der Waals surface area contributed by atoms with E-state index >= 15 is 0 Å². The van der Waals surface area contributed by atoms with Gasteiger partial charge in [0.1, 0.15) is 0 Å². The lowest BCUT2D eigenvalue weighted by molar-refractivity contribution is 0.606. The summed E-state index contributed by atoms with van der Waals surface area (Å²) in [6.45, 7) is 18.7. The molecule has 1 aromatic rings. The predicted octanol–water partition coefficient (Wildman–Crippen LogP) is 5.70. The van der Waals surface area contributed by atoms with Gasteiger partial charge in [-0.3, -0.25) is 0 Å². The minimum atomic E-state index is -0.406. The van der Waals surface area contributed by atoms with E-state index in [0.29, 0.717) is 5.92 Å². The van der Waals surface area contributed by atoms with Crippen molar-refractivity contribution in [3.05, 3.63) is 50.7 Å². The van der Waals surface area contributed by atoms with E-state index in [1.54, 1.807) is 21.9 Å². The summed E-state index contributed by atoms with van der Waals surface area (Å²) in [5.41, 5.74) is 9.33. The van der Waals surface area contributed by atoms with Crippen LogP contribution in [0.4, 0.5) is 0 Å². The van der Waals surface area contributed by atoms with Gasteiger partial charge in [0, 0.05) is 0 Å². The lowest BCUT2D eigenvalue weighted by Gasteiger charge is -2.23. The Hall–Kier alpha value is -1.08. The van der Waals surface area contributed by atoms with Gasteiger partial charge in [0.2, 0.25) is 0 Å². The first-order chi connectivity index (χ1) is 11.8. The molecule has 0 saturated heterocycles. The third-order valence-corrected chi connectivity index (χ3v) is 9.32. The topological polar surface area (TPSA) is 0 Å². The minimum absolute atomic E-state index is 0.406. The summed E-state index contributed by atoms with van der Waals surface area (Å²) in [6.07, 6.45) is 10.4. The van der Waals surface area contributed by atoms with Gasteiger partial charge >= 0.3 is 0 Å². The van der Waals surface area contributed by atoms with Gasteiger partial charge in [-0.15, -0.1) is 0 Å². The molecule has 0 amide bonds. The zero-order chi connectivity index (χ0) is 18.7. The largest absolute Gasteiger partial charge is 0.0842 e. The predicted molar refractivity (Wildman–Crippen MR) is 117 cm³/mol. The molecule has 0 fully saturated rings. The smallest absolute Gasteiger partial charge is 0.0775 e. The number of unbranched alkanes of at least 4 members (excludes halogenated alkanes) is 2. The van der Waals surface area contributed by atoms with Crippen LogP contribution in [-0.4, -0.2) is 9.52 Å². The standard InChI is InChI=1S/C24H38Si/c1-9-10-11-12-21-13-14-22(15(2)3)24(21)25-23-19(7)17(5)16(4)18(6)20(23)8/h13-15,21H,9-12,25H2,1-8H3. The third-order valence-electron chi connectivity index (χ3n) is 6.59. The summed E-state index contributed by atoms with van der Waals surface area (Å²) in [7, 11) is -0.406. The maximum Gasteiger partial charge on any atom is 0.0842 e. The monoisotopic (exact) mass is 354 g/mol. The fraction of sp³-hybridized carbons (Fsp3) is 0.583. The third kappa shape index (κ3) is 4.19. The Balaban J connectivity index is 2.40. The molecule has 1 aliphatic rings. The van der Waals surface area contributed by atoms with E-state index in [2.05, 4.69) is 67.5 Å². The summed E-state index contributed by atoms with van der Waals surface area (Å²) >= 11 is 0. The van der Waals surface area contributed by atoms with E-state index in [9.17, 15) is 0 Å². The summed E-state index contributed by atoms with van der Waals surface area (Å²) in [5, 5.41) is 3.55. The van der Waals surface area contributed by atoms with E-state index in [0.717, 1.165) is 5.92 Å². The number of allylic oxidation sites excluding steroid dienone is 4. The molecule has 0 aromatic heterocycles. The van der Waals surface area contributed by atoms with Gasteiger partial charge in [0.05, 0.1) is 9.52 Å². The van der Waals surface area contributed by atoms with E-state index in [1.807, 2.05) is 5.20 Å². The number of rotatable bonds is 7. The molecule has 0 spiro atoms. The molecule has 0 heterocycles. The zero-order valence-corrected chi connectivity index (χ0v) is 19.3. The van der Waals surface area contributed by atoms with Crippen molar-refractivity contribution in [1.29, 1.82) is 0 Å². The van der Waals surface area contributed by atoms with Crippen molar-refractivity contribution in [2.24, 2.45) is 11.8 Å². The van der Waals surface area contributed by atoms with Gasteiger partial charge in [-0.1, -0.05) is 68.1 Å². The molecule has 0 aliphatic heterocycles. The molecule has 1 unspecified atom stereocenters. The Labute approximate surface area is 158 Å². The van der Waals surface area contributed by atoms with Crippen molar-refractivity contribution in [2.75, 3.05) is 0 Å². The highest BCUT2D eigenvalue weighted by molar-refractivity contribution is 6.62. The minimum Gasteiger partial charge on any atom is -0.0775 e. The van der Waals surface area contributed by atoms with Crippen molar-refractivity contribution in [3.63, 3.8) is 0 Å². The van der Waals surface area contributed by atoms with E-state index in [-0.39, 0.29) is 0 Å². The molecule has 0 saturated carbocycles. The van der Waals surface area contributed by atoms with Crippen LogP contribution < -0.4 is 5.19 Å². The quantitative estimate of drug-likeness (QED) is 0.435. The summed E-state index contributed by atoms with van der Waals surface area (Å²) in [5.74, 6) is 1.37. The maximum absolute atomic E-state index is 2.52. The fourth-order valence-electron chi connectivity index (χ4n) is 4.37. The van der Waals surface area contributed by atoms with Crippen molar-refractivity contribution in [3.8, 4) is 0 Å². The van der Waals surface area contributed by atoms with Crippen LogP contribution in [-0.2, 0) is 0 Å². The van der Waals surface area contributed by atoms with Crippen LogP contribution in [0.15, 0.2) is 22.9 Å². The van der Waals surface area contributed by atoms with E-state index in [1.165, 1.54) is 42.4 Å². The lowest BCUT2D eigenvalue weighted by Crippen LogP contribution is -2.28. The first-order valence-corrected chi connectivity index (χ1v) is 11.7.